The van der Waals surface area contributed by atoms with Crippen molar-refractivity contribution in [2.75, 3.05) is 6.61 Å². The van der Waals surface area contributed by atoms with Gasteiger partial charge in [0.1, 0.15) is 0 Å². The van der Waals surface area contributed by atoms with Crippen molar-refractivity contribution >= 4 is 17.2 Å². The minimum absolute atomic E-state index is 0.127. The van der Waals surface area contributed by atoms with Crippen LogP contribution in [0.3, 0.4) is 0 Å². The van der Waals surface area contributed by atoms with Gasteiger partial charge in [0.05, 0.1) is 11.6 Å². The number of hydrogen-bond donors (Lipinski definition) is 1. The van der Waals surface area contributed by atoms with E-state index in [2.05, 4.69) is 0 Å². The van der Waals surface area contributed by atoms with Crippen molar-refractivity contribution in [3.8, 4) is 5.75 Å². The number of hydrogen-bond acceptors (Lipinski definition) is 2. The van der Waals surface area contributed by atoms with Crippen LogP contribution in [0.1, 0.15) is 6.92 Å². The van der Waals surface area contributed by atoms with Gasteiger partial charge >= 0.3 is 0 Å². The van der Waals surface area contributed by atoms with Crippen LogP contribution >= 0.6 is 12.2 Å². The monoisotopic (exact) mass is 231 g/mol. The van der Waals surface area contributed by atoms with E-state index in [-0.39, 0.29) is 23.3 Å². The first-order valence-corrected chi connectivity index (χ1v) is 4.79. The van der Waals surface area contributed by atoms with Crippen LogP contribution in [-0.4, -0.2) is 11.6 Å². The van der Waals surface area contributed by atoms with Crippen molar-refractivity contribution in [1.82, 2.24) is 0 Å². The number of benzene rings is 1. The molecule has 0 aliphatic heterocycles. The molecule has 0 bridgehead atoms. The fraction of sp³-hybridized carbons (Fsp3) is 0.300. The van der Waals surface area contributed by atoms with Gasteiger partial charge in [0, 0.05) is 5.92 Å². The highest BCUT2D eigenvalue weighted by Crippen LogP contribution is 2.19. The molecule has 0 aliphatic rings. The lowest BCUT2D eigenvalue weighted by atomic mass is 10.2. The molecule has 0 aliphatic carbocycles. The molecule has 82 valence electrons. The van der Waals surface area contributed by atoms with Crippen molar-refractivity contribution < 1.29 is 13.5 Å². The fourth-order valence-corrected chi connectivity index (χ4v) is 0.960. The molecule has 1 aromatic carbocycles. The second kappa shape index (κ2) is 5.02. The molecule has 0 fully saturated rings. The summed E-state index contributed by atoms with van der Waals surface area (Å²) in [5, 5.41) is 0. The van der Waals surface area contributed by atoms with Crippen molar-refractivity contribution in [1.29, 1.82) is 0 Å². The van der Waals surface area contributed by atoms with Crippen LogP contribution in [0.2, 0.25) is 0 Å². The van der Waals surface area contributed by atoms with Crippen LogP contribution < -0.4 is 10.5 Å². The predicted molar refractivity (Wildman–Crippen MR) is 57.8 cm³/mol. The average Bonchev–Trinajstić information content (AvgIpc) is 2.19. The van der Waals surface area contributed by atoms with E-state index in [1.54, 1.807) is 6.92 Å². The zero-order chi connectivity index (χ0) is 11.4. The highest BCUT2D eigenvalue weighted by atomic mass is 32.1. The second-order valence-electron chi connectivity index (χ2n) is 3.17. The Hall–Kier alpha value is -1.23. The minimum atomic E-state index is -0.993. The SMILES string of the molecule is CC(COc1cccc(F)c1F)C(N)=S. The standard InChI is InChI=1S/C10H11F2NOS/c1-6(10(13)15)5-14-8-4-2-3-7(11)9(8)12/h2-4,6H,5H2,1H3,(H2,13,15). The molecule has 0 spiro atoms. The van der Waals surface area contributed by atoms with Crippen LogP contribution in [0.4, 0.5) is 8.78 Å². The third-order valence-corrected chi connectivity index (χ3v) is 2.29. The normalized spacial score (nSPS) is 12.2. The average molecular weight is 231 g/mol. The van der Waals surface area contributed by atoms with E-state index in [1.807, 2.05) is 0 Å². The fourth-order valence-electron chi connectivity index (χ4n) is 0.892. The lowest BCUT2D eigenvalue weighted by Crippen LogP contribution is -2.24. The summed E-state index contributed by atoms with van der Waals surface area (Å²) in [7, 11) is 0. The molecule has 1 rings (SSSR count). The van der Waals surface area contributed by atoms with Crippen molar-refractivity contribution in [3.63, 3.8) is 0 Å². The highest BCUT2D eigenvalue weighted by Gasteiger charge is 2.11. The summed E-state index contributed by atoms with van der Waals surface area (Å²) in [5.41, 5.74) is 5.35. The molecule has 0 amide bonds. The maximum Gasteiger partial charge on any atom is 0.200 e. The predicted octanol–water partition coefficient (Wildman–Crippen LogP) is 2.27. The summed E-state index contributed by atoms with van der Waals surface area (Å²) >= 11 is 4.72. The molecule has 2 N–H and O–H groups in total. The molecule has 1 atom stereocenters. The van der Waals surface area contributed by atoms with Gasteiger partial charge in [-0.3, -0.25) is 0 Å². The third-order valence-electron chi connectivity index (χ3n) is 1.89. The topological polar surface area (TPSA) is 35.2 Å². The zero-order valence-corrected chi connectivity index (χ0v) is 8.98. The maximum atomic E-state index is 13.1. The molecule has 0 saturated heterocycles. The molecule has 0 heterocycles. The first kappa shape index (κ1) is 11.8. The molecular formula is C10H11F2NOS. The molecule has 2 nitrogen and oxygen atoms in total. The highest BCUT2D eigenvalue weighted by molar-refractivity contribution is 7.80. The van der Waals surface area contributed by atoms with Gasteiger partial charge in [0.2, 0.25) is 5.82 Å². The number of ether oxygens (including phenoxy) is 1. The molecule has 1 unspecified atom stereocenters. The van der Waals surface area contributed by atoms with Gasteiger partial charge in [-0.2, -0.15) is 4.39 Å². The Balaban J connectivity index is 2.66. The van der Waals surface area contributed by atoms with Crippen LogP contribution in [0.25, 0.3) is 0 Å². The molecule has 15 heavy (non-hydrogen) atoms. The zero-order valence-electron chi connectivity index (χ0n) is 8.17. The van der Waals surface area contributed by atoms with Crippen molar-refractivity contribution in [3.05, 3.63) is 29.8 Å². The Bertz CT molecular complexity index is 370. The van der Waals surface area contributed by atoms with Gasteiger partial charge in [-0.15, -0.1) is 0 Å². The van der Waals surface area contributed by atoms with E-state index in [0.29, 0.717) is 0 Å². The van der Waals surface area contributed by atoms with Gasteiger partial charge in [-0.05, 0) is 12.1 Å². The van der Waals surface area contributed by atoms with Gasteiger partial charge in [0.15, 0.2) is 11.6 Å². The van der Waals surface area contributed by atoms with Gasteiger partial charge in [0.25, 0.3) is 0 Å². The Morgan fingerprint density at radius 1 is 1.53 bits per heavy atom. The van der Waals surface area contributed by atoms with E-state index >= 15 is 0 Å². The summed E-state index contributed by atoms with van der Waals surface area (Å²) in [6.45, 7) is 1.88. The third kappa shape index (κ3) is 3.13. The molecule has 5 heteroatoms. The van der Waals surface area contributed by atoms with E-state index in [9.17, 15) is 8.78 Å². The van der Waals surface area contributed by atoms with Crippen LogP contribution in [-0.2, 0) is 0 Å². The minimum Gasteiger partial charge on any atom is -0.490 e. The first-order valence-electron chi connectivity index (χ1n) is 4.38. The first-order chi connectivity index (χ1) is 7.02. The Morgan fingerprint density at radius 2 is 2.20 bits per heavy atom. The quantitative estimate of drug-likeness (QED) is 0.807. The van der Waals surface area contributed by atoms with Crippen LogP contribution in [0.15, 0.2) is 18.2 Å². The number of rotatable bonds is 4. The molecule has 0 aromatic heterocycles. The van der Waals surface area contributed by atoms with Crippen molar-refractivity contribution in [2.45, 2.75) is 6.92 Å². The Morgan fingerprint density at radius 3 is 2.80 bits per heavy atom. The van der Waals surface area contributed by atoms with E-state index in [4.69, 9.17) is 22.7 Å². The summed E-state index contributed by atoms with van der Waals surface area (Å²) in [6.07, 6.45) is 0. The molecule has 0 saturated carbocycles. The molecule has 1 aromatic rings. The summed E-state index contributed by atoms with van der Waals surface area (Å²) in [5.74, 6) is -2.23. The largest absolute Gasteiger partial charge is 0.490 e. The number of halogens is 2. The van der Waals surface area contributed by atoms with E-state index < -0.39 is 11.6 Å². The number of nitrogens with two attached hydrogens (primary N) is 1. The number of thiocarbonyl (C=S) groups is 1. The van der Waals surface area contributed by atoms with Crippen molar-refractivity contribution in [2.24, 2.45) is 11.7 Å². The van der Waals surface area contributed by atoms with Crippen LogP contribution in [0.5, 0.6) is 5.75 Å². The van der Waals surface area contributed by atoms with Gasteiger partial charge < -0.3 is 10.5 Å². The lowest BCUT2D eigenvalue weighted by Gasteiger charge is -2.12. The smallest absolute Gasteiger partial charge is 0.200 e. The van der Waals surface area contributed by atoms with Gasteiger partial charge in [-0.25, -0.2) is 4.39 Å². The summed E-state index contributed by atoms with van der Waals surface area (Å²) < 4.78 is 30.9. The van der Waals surface area contributed by atoms with E-state index in [0.717, 1.165) is 6.07 Å². The van der Waals surface area contributed by atoms with E-state index in [1.165, 1.54) is 12.1 Å². The molecule has 0 radical (unpaired) electrons. The second-order valence-corrected chi connectivity index (χ2v) is 3.64. The van der Waals surface area contributed by atoms with Gasteiger partial charge in [-0.1, -0.05) is 25.2 Å². The lowest BCUT2D eigenvalue weighted by molar-refractivity contribution is 0.275. The summed E-state index contributed by atoms with van der Waals surface area (Å²) in [4.78, 5) is 0.284. The summed E-state index contributed by atoms with van der Waals surface area (Å²) in [6, 6.07) is 3.75. The Labute approximate surface area is 92.0 Å². The molecular weight excluding hydrogens is 220 g/mol. The Kier molecular flexibility index (Phi) is 3.96. The van der Waals surface area contributed by atoms with Crippen LogP contribution in [0, 0.1) is 17.6 Å². The maximum absolute atomic E-state index is 13.1.